The van der Waals surface area contributed by atoms with Gasteiger partial charge < -0.3 is 4.74 Å². The van der Waals surface area contributed by atoms with Crippen LogP contribution in [0.4, 0.5) is 0 Å². The molecule has 0 atom stereocenters. The topological polar surface area (TPSA) is 55.2 Å². The number of nitrogens with one attached hydrogen (secondary N) is 1. The SMILES string of the molecule is S=c1[nH]nc(Cc2ccccc2)n1/N=C\c1cccc(OCc2ccc(Cl)cc2)c1. The minimum Gasteiger partial charge on any atom is -0.489 e. The van der Waals surface area contributed by atoms with Gasteiger partial charge in [-0.15, -0.1) is 0 Å². The average Bonchev–Trinajstić information content (AvgIpc) is 3.12. The van der Waals surface area contributed by atoms with E-state index in [2.05, 4.69) is 15.3 Å². The number of nitrogens with zero attached hydrogens (tertiary/aromatic N) is 3. The maximum Gasteiger partial charge on any atom is 0.216 e. The lowest BCUT2D eigenvalue weighted by Gasteiger charge is -2.07. The maximum atomic E-state index is 5.92. The smallest absolute Gasteiger partial charge is 0.216 e. The van der Waals surface area contributed by atoms with E-state index in [1.165, 1.54) is 0 Å². The summed E-state index contributed by atoms with van der Waals surface area (Å²) in [6, 6.07) is 25.4. The van der Waals surface area contributed by atoms with Gasteiger partial charge in [0.15, 0.2) is 5.82 Å². The molecule has 0 saturated carbocycles. The molecule has 1 aromatic heterocycles. The minimum atomic E-state index is 0.451. The van der Waals surface area contributed by atoms with E-state index in [-0.39, 0.29) is 0 Å². The fourth-order valence-electron chi connectivity index (χ4n) is 2.89. The van der Waals surface area contributed by atoms with Crippen LogP contribution in [0.3, 0.4) is 0 Å². The molecule has 4 aromatic rings. The fourth-order valence-corrected chi connectivity index (χ4v) is 3.22. The quantitative estimate of drug-likeness (QED) is 0.302. The highest BCUT2D eigenvalue weighted by atomic mass is 35.5. The molecule has 0 aliphatic heterocycles. The fraction of sp³-hybridized carbons (Fsp3) is 0.0870. The number of rotatable bonds is 7. The van der Waals surface area contributed by atoms with Crippen LogP contribution in [0.5, 0.6) is 5.75 Å². The highest BCUT2D eigenvalue weighted by molar-refractivity contribution is 7.71. The van der Waals surface area contributed by atoms with Gasteiger partial charge in [-0.2, -0.15) is 14.9 Å². The minimum absolute atomic E-state index is 0.451. The summed E-state index contributed by atoms with van der Waals surface area (Å²) in [7, 11) is 0. The molecule has 4 rings (SSSR count). The molecule has 0 bridgehead atoms. The standard InChI is InChI=1S/C23H19ClN4OS/c24-20-11-9-18(10-12-20)16-29-21-8-4-7-19(13-21)15-25-28-22(26-27-23(28)30)14-17-5-2-1-3-6-17/h1-13,15H,14,16H2,(H,27,30)/b25-15-. The Morgan fingerprint density at radius 2 is 1.80 bits per heavy atom. The Morgan fingerprint density at radius 3 is 2.60 bits per heavy atom. The number of hydrogen-bond donors (Lipinski definition) is 1. The molecular formula is C23H19ClN4OS. The Kier molecular flexibility index (Phi) is 6.37. The van der Waals surface area contributed by atoms with Gasteiger partial charge in [0.1, 0.15) is 12.4 Å². The van der Waals surface area contributed by atoms with Gasteiger partial charge in [-0.25, -0.2) is 0 Å². The molecule has 0 radical (unpaired) electrons. The van der Waals surface area contributed by atoms with Gasteiger partial charge in [-0.1, -0.05) is 66.2 Å². The summed E-state index contributed by atoms with van der Waals surface area (Å²) < 4.78 is 7.98. The van der Waals surface area contributed by atoms with Crippen molar-refractivity contribution in [2.45, 2.75) is 13.0 Å². The second kappa shape index (κ2) is 9.52. The first kappa shape index (κ1) is 20.1. The van der Waals surface area contributed by atoms with Crippen molar-refractivity contribution in [1.82, 2.24) is 14.9 Å². The zero-order valence-electron chi connectivity index (χ0n) is 16.0. The van der Waals surface area contributed by atoms with Gasteiger partial charge in [-0.05, 0) is 53.2 Å². The molecule has 150 valence electrons. The maximum absolute atomic E-state index is 5.92. The highest BCUT2D eigenvalue weighted by Gasteiger charge is 2.06. The molecule has 0 amide bonds. The van der Waals surface area contributed by atoms with E-state index in [9.17, 15) is 0 Å². The van der Waals surface area contributed by atoms with Crippen LogP contribution in [0.15, 0.2) is 84.0 Å². The van der Waals surface area contributed by atoms with Crippen molar-refractivity contribution >= 4 is 30.0 Å². The van der Waals surface area contributed by atoms with Crippen LogP contribution in [0.1, 0.15) is 22.5 Å². The van der Waals surface area contributed by atoms with Crippen LogP contribution >= 0.6 is 23.8 Å². The second-order valence-electron chi connectivity index (χ2n) is 6.65. The molecule has 0 saturated heterocycles. The molecule has 1 N–H and O–H groups in total. The van der Waals surface area contributed by atoms with Crippen molar-refractivity contribution < 1.29 is 4.74 Å². The molecular weight excluding hydrogens is 416 g/mol. The Bertz CT molecular complexity index is 1200. The first-order valence-corrected chi connectivity index (χ1v) is 10.2. The molecule has 0 spiro atoms. The molecule has 1 heterocycles. The summed E-state index contributed by atoms with van der Waals surface area (Å²) in [5, 5.41) is 12.4. The highest BCUT2D eigenvalue weighted by Crippen LogP contribution is 2.16. The zero-order chi connectivity index (χ0) is 20.8. The Labute approximate surface area is 184 Å². The van der Waals surface area contributed by atoms with Gasteiger partial charge in [0.2, 0.25) is 4.77 Å². The van der Waals surface area contributed by atoms with Crippen molar-refractivity contribution in [2.75, 3.05) is 0 Å². The van der Waals surface area contributed by atoms with E-state index < -0.39 is 0 Å². The first-order valence-electron chi connectivity index (χ1n) is 9.39. The summed E-state index contributed by atoms with van der Waals surface area (Å²) in [6.07, 6.45) is 2.38. The summed E-state index contributed by atoms with van der Waals surface area (Å²) in [4.78, 5) is 0. The van der Waals surface area contributed by atoms with Gasteiger partial charge in [0.05, 0.1) is 6.21 Å². The van der Waals surface area contributed by atoms with E-state index in [1.54, 1.807) is 10.9 Å². The van der Waals surface area contributed by atoms with E-state index in [1.807, 2.05) is 78.9 Å². The van der Waals surface area contributed by atoms with E-state index >= 15 is 0 Å². The van der Waals surface area contributed by atoms with Crippen LogP contribution in [0, 0.1) is 4.77 Å². The number of benzene rings is 3. The van der Waals surface area contributed by atoms with Crippen LogP contribution in [0.25, 0.3) is 0 Å². The summed E-state index contributed by atoms with van der Waals surface area (Å²) in [5.74, 6) is 1.51. The molecule has 0 fully saturated rings. The Balaban J connectivity index is 1.47. The van der Waals surface area contributed by atoms with Crippen molar-refractivity contribution in [2.24, 2.45) is 5.10 Å². The van der Waals surface area contributed by atoms with Crippen LogP contribution < -0.4 is 4.74 Å². The van der Waals surface area contributed by atoms with Gasteiger partial charge in [0, 0.05) is 11.4 Å². The second-order valence-corrected chi connectivity index (χ2v) is 7.47. The average molecular weight is 435 g/mol. The van der Waals surface area contributed by atoms with Crippen LogP contribution in [-0.2, 0) is 13.0 Å². The molecule has 0 aliphatic carbocycles. The monoisotopic (exact) mass is 434 g/mol. The number of aromatic nitrogens is 3. The summed E-state index contributed by atoms with van der Waals surface area (Å²) in [6.45, 7) is 0.464. The molecule has 30 heavy (non-hydrogen) atoms. The Hall–Kier alpha value is -3.22. The molecule has 0 unspecified atom stereocenters. The largest absolute Gasteiger partial charge is 0.489 e. The third kappa shape index (κ3) is 5.23. The number of H-pyrrole nitrogens is 1. The van der Waals surface area contributed by atoms with E-state index in [0.717, 1.165) is 28.3 Å². The third-order valence-corrected chi connectivity index (χ3v) is 4.94. The van der Waals surface area contributed by atoms with Gasteiger partial charge in [0.25, 0.3) is 0 Å². The number of ether oxygens (including phenoxy) is 1. The van der Waals surface area contributed by atoms with Crippen molar-refractivity contribution in [3.05, 3.63) is 111 Å². The molecule has 0 aliphatic rings. The van der Waals surface area contributed by atoms with E-state index in [4.69, 9.17) is 28.6 Å². The van der Waals surface area contributed by atoms with Crippen molar-refractivity contribution in [3.63, 3.8) is 0 Å². The van der Waals surface area contributed by atoms with E-state index in [0.29, 0.717) is 22.8 Å². The predicted octanol–water partition coefficient (Wildman–Crippen LogP) is 5.65. The molecule has 7 heteroatoms. The number of halogens is 1. The predicted molar refractivity (Wildman–Crippen MR) is 122 cm³/mol. The number of aromatic amines is 1. The Morgan fingerprint density at radius 1 is 1.00 bits per heavy atom. The molecule has 3 aromatic carbocycles. The summed E-state index contributed by atoms with van der Waals surface area (Å²) >= 11 is 11.3. The van der Waals surface area contributed by atoms with Gasteiger partial charge >= 0.3 is 0 Å². The van der Waals surface area contributed by atoms with Crippen LogP contribution in [0.2, 0.25) is 5.02 Å². The van der Waals surface area contributed by atoms with Crippen molar-refractivity contribution in [3.8, 4) is 5.75 Å². The lowest BCUT2D eigenvalue weighted by molar-refractivity contribution is 0.306. The zero-order valence-corrected chi connectivity index (χ0v) is 17.6. The third-order valence-electron chi connectivity index (χ3n) is 4.42. The van der Waals surface area contributed by atoms with Crippen LogP contribution in [-0.4, -0.2) is 21.1 Å². The summed E-state index contributed by atoms with van der Waals surface area (Å²) in [5.41, 5.74) is 3.09. The normalized spacial score (nSPS) is 11.1. The van der Waals surface area contributed by atoms with Crippen molar-refractivity contribution in [1.29, 1.82) is 0 Å². The lowest BCUT2D eigenvalue weighted by Crippen LogP contribution is -2.00. The van der Waals surface area contributed by atoms with Gasteiger partial charge in [-0.3, -0.25) is 5.10 Å². The first-order chi connectivity index (χ1) is 14.7. The lowest BCUT2D eigenvalue weighted by atomic mass is 10.1. The molecule has 5 nitrogen and oxygen atoms in total. The number of hydrogen-bond acceptors (Lipinski definition) is 4.